The van der Waals surface area contributed by atoms with Gasteiger partial charge in [-0.05, 0) is 12.8 Å². The Kier molecular flexibility index (Phi) is 2.90. The molecule has 82 valence electrons. The van der Waals surface area contributed by atoms with Crippen LogP contribution in [0.15, 0.2) is 0 Å². The summed E-state index contributed by atoms with van der Waals surface area (Å²) in [5.41, 5.74) is 11.0. The standard InChI is InChI=1S/C8H13BrN6/c9-5-1-3-15(4-2-5)8-13-6(10)12-7(11)14-8/h5H,1-4H2,(H4,10,11,12,13,14). The minimum atomic E-state index is 0.179. The summed E-state index contributed by atoms with van der Waals surface area (Å²) >= 11 is 3.59. The van der Waals surface area contributed by atoms with E-state index in [0.29, 0.717) is 10.8 Å². The second kappa shape index (κ2) is 4.18. The number of alkyl halides is 1. The number of piperidine rings is 1. The Bertz CT molecular complexity index is 329. The van der Waals surface area contributed by atoms with Gasteiger partial charge in [0.05, 0.1) is 0 Å². The molecule has 6 nitrogen and oxygen atoms in total. The quantitative estimate of drug-likeness (QED) is 0.719. The second-order valence-electron chi connectivity index (χ2n) is 3.51. The third-order valence-corrected chi connectivity index (χ3v) is 3.28. The topological polar surface area (TPSA) is 93.9 Å². The van der Waals surface area contributed by atoms with Gasteiger partial charge < -0.3 is 16.4 Å². The molecule has 0 radical (unpaired) electrons. The van der Waals surface area contributed by atoms with Gasteiger partial charge in [0.2, 0.25) is 17.8 Å². The molecule has 0 atom stereocenters. The van der Waals surface area contributed by atoms with Gasteiger partial charge in [0.25, 0.3) is 0 Å². The highest BCUT2D eigenvalue weighted by molar-refractivity contribution is 9.09. The van der Waals surface area contributed by atoms with Crippen molar-refractivity contribution >= 4 is 33.8 Å². The van der Waals surface area contributed by atoms with Crippen LogP contribution >= 0.6 is 15.9 Å². The Morgan fingerprint density at radius 1 is 1.07 bits per heavy atom. The Morgan fingerprint density at radius 2 is 1.60 bits per heavy atom. The molecule has 1 aromatic heterocycles. The molecule has 4 N–H and O–H groups in total. The van der Waals surface area contributed by atoms with E-state index in [4.69, 9.17) is 11.5 Å². The lowest BCUT2D eigenvalue weighted by atomic mass is 10.1. The lowest BCUT2D eigenvalue weighted by Crippen LogP contribution is -2.35. The van der Waals surface area contributed by atoms with Crippen LogP contribution in [0.5, 0.6) is 0 Å². The summed E-state index contributed by atoms with van der Waals surface area (Å²) in [6.07, 6.45) is 2.15. The van der Waals surface area contributed by atoms with Crippen molar-refractivity contribution in [1.82, 2.24) is 15.0 Å². The molecular formula is C8H13BrN6. The normalized spacial score (nSPS) is 18.1. The van der Waals surface area contributed by atoms with Gasteiger partial charge >= 0.3 is 0 Å². The summed E-state index contributed by atoms with van der Waals surface area (Å²) in [4.78, 5) is 14.5. The van der Waals surface area contributed by atoms with Gasteiger partial charge in [-0.3, -0.25) is 0 Å². The molecule has 1 aliphatic rings. The Hall–Kier alpha value is -1.11. The number of anilines is 3. The monoisotopic (exact) mass is 272 g/mol. The fourth-order valence-corrected chi connectivity index (χ4v) is 2.00. The highest BCUT2D eigenvalue weighted by atomic mass is 79.9. The number of halogens is 1. The summed E-state index contributed by atoms with van der Waals surface area (Å²) in [6, 6.07) is 0. The molecule has 0 amide bonds. The van der Waals surface area contributed by atoms with E-state index in [1.165, 1.54) is 0 Å². The number of hydrogen-bond donors (Lipinski definition) is 2. The Balaban J connectivity index is 2.15. The van der Waals surface area contributed by atoms with Gasteiger partial charge in [-0.15, -0.1) is 0 Å². The number of rotatable bonds is 1. The molecule has 0 aliphatic carbocycles. The molecule has 1 aromatic rings. The van der Waals surface area contributed by atoms with Gasteiger partial charge in [0, 0.05) is 17.9 Å². The van der Waals surface area contributed by atoms with Gasteiger partial charge in [-0.25, -0.2) is 0 Å². The van der Waals surface area contributed by atoms with E-state index >= 15 is 0 Å². The molecule has 2 heterocycles. The van der Waals surface area contributed by atoms with Crippen molar-refractivity contribution in [2.24, 2.45) is 0 Å². The van der Waals surface area contributed by atoms with Crippen LogP contribution < -0.4 is 16.4 Å². The molecule has 1 aliphatic heterocycles. The zero-order chi connectivity index (χ0) is 10.8. The predicted molar refractivity (Wildman–Crippen MR) is 62.8 cm³/mol. The van der Waals surface area contributed by atoms with E-state index in [1.807, 2.05) is 0 Å². The van der Waals surface area contributed by atoms with Crippen molar-refractivity contribution in [3.8, 4) is 0 Å². The van der Waals surface area contributed by atoms with Crippen LogP contribution in [-0.4, -0.2) is 32.9 Å². The highest BCUT2D eigenvalue weighted by Gasteiger charge is 2.19. The van der Waals surface area contributed by atoms with Crippen LogP contribution in [0.25, 0.3) is 0 Å². The van der Waals surface area contributed by atoms with Gasteiger partial charge in [0.1, 0.15) is 0 Å². The molecule has 1 fully saturated rings. The zero-order valence-corrected chi connectivity index (χ0v) is 9.81. The van der Waals surface area contributed by atoms with Crippen LogP contribution in [0.1, 0.15) is 12.8 Å². The average molecular weight is 273 g/mol. The molecular weight excluding hydrogens is 260 g/mol. The number of nitrogens with zero attached hydrogens (tertiary/aromatic N) is 4. The van der Waals surface area contributed by atoms with E-state index in [2.05, 4.69) is 35.8 Å². The fourth-order valence-electron chi connectivity index (χ4n) is 1.59. The molecule has 7 heteroatoms. The molecule has 0 spiro atoms. The van der Waals surface area contributed by atoms with E-state index in [1.54, 1.807) is 0 Å². The van der Waals surface area contributed by atoms with E-state index in [9.17, 15) is 0 Å². The zero-order valence-electron chi connectivity index (χ0n) is 8.23. The molecule has 2 rings (SSSR count). The summed E-state index contributed by atoms with van der Waals surface area (Å²) in [6.45, 7) is 1.83. The van der Waals surface area contributed by atoms with Gasteiger partial charge in [-0.2, -0.15) is 15.0 Å². The van der Waals surface area contributed by atoms with Crippen LogP contribution in [-0.2, 0) is 0 Å². The SMILES string of the molecule is Nc1nc(N)nc(N2CCC(Br)CC2)n1. The molecule has 0 bridgehead atoms. The highest BCUT2D eigenvalue weighted by Crippen LogP contribution is 2.21. The van der Waals surface area contributed by atoms with E-state index in [-0.39, 0.29) is 11.9 Å². The Labute approximate surface area is 96.2 Å². The number of nitrogen functional groups attached to an aromatic ring is 2. The first-order valence-corrected chi connectivity index (χ1v) is 5.73. The molecule has 15 heavy (non-hydrogen) atoms. The number of nitrogens with two attached hydrogens (primary N) is 2. The largest absolute Gasteiger partial charge is 0.368 e. The molecule has 0 aromatic carbocycles. The lowest BCUT2D eigenvalue weighted by molar-refractivity contribution is 0.586. The maximum atomic E-state index is 5.52. The van der Waals surface area contributed by atoms with Crippen LogP contribution in [0.2, 0.25) is 0 Å². The number of hydrogen-bond acceptors (Lipinski definition) is 6. The van der Waals surface area contributed by atoms with Crippen LogP contribution in [0, 0.1) is 0 Å². The van der Waals surface area contributed by atoms with Crippen molar-refractivity contribution in [2.45, 2.75) is 17.7 Å². The minimum Gasteiger partial charge on any atom is -0.368 e. The third-order valence-electron chi connectivity index (χ3n) is 2.37. The summed E-state index contributed by atoms with van der Waals surface area (Å²) in [5.74, 6) is 0.941. The smallest absolute Gasteiger partial charge is 0.231 e. The minimum absolute atomic E-state index is 0.179. The van der Waals surface area contributed by atoms with Crippen LogP contribution in [0.4, 0.5) is 17.8 Å². The van der Waals surface area contributed by atoms with Gasteiger partial charge in [0.15, 0.2) is 0 Å². The van der Waals surface area contributed by atoms with Gasteiger partial charge in [-0.1, -0.05) is 15.9 Å². The average Bonchev–Trinajstić information content (AvgIpc) is 2.17. The van der Waals surface area contributed by atoms with Crippen molar-refractivity contribution in [3.63, 3.8) is 0 Å². The second-order valence-corrected chi connectivity index (χ2v) is 4.81. The fraction of sp³-hybridized carbons (Fsp3) is 0.625. The Morgan fingerprint density at radius 3 is 2.13 bits per heavy atom. The summed E-state index contributed by atoms with van der Waals surface area (Å²) in [7, 11) is 0. The molecule has 1 saturated heterocycles. The number of aromatic nitrogens is 3. The maximum Gasteiger partial charge on any atom is 0.231 e. The molecule has 0 unspecified atom stereocenters. The first-order chi connectivity index (χ1) is 7.15. The summed E-state index contributed by atoms with van der Waals surface area (Å²) in [5, 5.41) is 0. The van der Waals surface area contributed by atoms with Crippen molar-refractivity contribution in [2.75, 3.05) is 29.5 Å². The van der Waals surface area contributed by atoms with E-state index in [0.717, 1.165) is 25.9 Å². The van der Waals surface area contributed by atoms with Crippen molar-refractivity contribution in [1.29, 1.82) is 0 Å². The van der Waals surface area contributed by atoms with E-state index < -0.39 is 0 Å². The first-order valence-electron chi connectivity index (χ1n) is 4.81. The molecule has 0 saturated carbocycles. The maximum absolute atomic E-state index is 5.52. The summed E-state index contributed by atoms with van der Waals surface area (Å²) < 4.78 is 0. The van der Waals surface area contributed by atoms with Crippen molar-refractivity contribution < 1.29 is 0 Å². The lowest BCUT2D eigenvalue weighted by Gasteiger charge is -2.29. The predicted octanol–water partition coefficient (Wildman–Crippen LogP) is 0.400. The van der Waals surface area contributed by atoms with Crippen molar-refractivity contribution in [3.05, 3.63) is 0 Å². The van der Waals surface area contributed by atoms with Crippen LogP contribution in [0.3, 0.4) is 0 Å². The first kappa shape index (κ1) is 10.4. The third kappa shape index (κ3) is 2.47.